The second-order valence-electron chi connectivity index (χ2n) is 11.3. The van der Waals surface area contributed by atoms with Gasteiger partial charge in [-0.25, -0.2) is 0 Å². The fraction of sp³-hybridized carbons (Fsp3) is 0.394. The molecule has 0 spiro atoms. The predicted octanol–water partition coefficient (Wildman–Crippen LogP) is 5.18. The van der Waals surface area contributed by atoms with Gasteiger partial charge in [0.25, 0.3) is 5.91 Å². The number of rotatable bonds is 10. The number of ether oxygens (including phenoxy) is 2. The summed E-state index contributed by atoms with van der Waals surface area (Å²) in [6.07, 6.45) is 1.50. The van der Waals surface area contributed by atoms with Gasteiger partial charge in [-0.2, -0.15) is 0 Å². The highest BCUT2D eigenvalue weighted by Gasteiger charge is 2.36. The average Bonchev–Trinajstić information content (AvgIpc) is 3.82. The van der Waals surface area contributed by atoms with Crippen molar-refractivity contribution in [3.63, 3.8) is 0 Å². The van der Waals surface area contributed by atoms with Crippen molar-refractivity contribution in [1.29, 1.82) is 0 Å². The van der Waals surface area contributed by atoms with Gasteiger partial charge >= 0.3 is 0 Å². The molecule has 41 heavy (non-hydrogen) atoms. The molecule has 2 amide bonds. The average molecular weight is 558 g/mol. The van der Waals surface area contributed by atoms with Crippen LogP contribution in [0.1, 0.15) is 42.6 Å². The lowest BCUT2D eigenvalue weighted by molar-refractivity contribution is -0.117. The summed E-state index contributed by atoms with van der Waals surface area (Å²) in [6, 6.07) is 22.7. The molecule has 1 aliphatic heterocycles. The maximum Gasteiger partial charge on any atom is 0.258 e. The van der Waals surface area contributed by atoms with E-state index >= 15 is 0 Å². The van der Waals surface area contributed by atoms with Crippen LogP contribution in [0, 0.1) is 11.8 Å². The van der Waals surface area contributed by atoms with Gasteiger partial charge < -0.3 is 24.8 Å². The first-order valence-corrected chi connectivity index (χ1v) is 14.3. The second-order valence-corrected chi connectivity index (χ2v) is 11.3. The molecule has 0 radical (unpaired) electrons. The molecular formula is C33H39N3O5. The lowest BCUT2D eigenvalue weighted by atomic mass is 9.98. The van der Waals surface area contributed by atoms with Crippen LogP contribution in [0.5, 0.6) is 17.2 Å². The number of para-hydroxylation sites is 2. The van der Waals surface area contributed by atoms with E-state index in [1.807, 2.05) is 56.4 Å². The Morgan fingerprint density at radius 3 is 2.46 bits per heavy atom. The van der Waals surface area contributed by atoms with E-state index in [2.05, 4.69) is 29.3 Å². The van der Waals surface area contributed by atoms with Crippen molar-refractivity contribution in [3.8, 4) is 17.2 Å². The number of anilines is 1. The van der Waals surface area contributed by atoms with Crippen molar-refractivity contribution in [1.82, 2.24) is 9.80 Å². The van der Waals surface area contributed by atoms with Gasteiger partial charge in [-0.05, 0) is 68.8 Å². The number of amides is 2. The van der Waals surface area contributed by atoms with Gasteiger partial charge in [0.1, 0.15) is 17.6 Å². The van der Waals surface area contributed by atoms with Gasteiger partial charge in [0.05, 0.1) is 23.9 Å². The number of aliphatic hydroxyl groups excluding tert-OH is 1. The van der Waals surface area contributed by atoms with E-state index in [-0.39, 0.29) is 42.4 Å². The molecule has 0 unspecified atom stereocenters. The predicted molar refractivity (Wildman–Crippen MR) is 158 cm³/mol. The van der Waals surface area contributed by atoms with Crippen LogP contribution in [0.3, 0.4) is 0 Å². The topological polar surface area (TPSA) is 91.3 Å². The van der Waals surface area contributed by atoms with Crippen LogP contribution < -0.4 is 14.8 Å². The molecule has 1 heterocycles. The number of carbonyl (C=O) groups is 2. The van der Waals surface area contributed by atoms with E-state index in [1.54, 1.807) is 23.1 Å². The molecule has 2 N–H and O–H groups in total. The van der Waals surface area contributed by atoms with Gasteiger partial charge in [-0.3, -0.25) is 14.5 Å². The van der Waals surface area contributed by atoms with E-state index in [9.17, 15) is 14.7 Å². The first kappa shape index (κ1) is 28.6. The molecule has 8 heteroatoms. The number of benzene rings is 3. The van der Waals surface area contributed by atoms with Crippen molar-refractivity contribution in [2.24, 2.45) is 11.8 Å². The third-order valence-corrected chi connectivity index (χ3v) is 7.74. The quantitative estimate of drug-likeness (QED) is 0.357. The number of aliphatic hydroxyl groups is 1. The number of likely N-dealkylation sites (N-methyl/N-ethyl adjacent to an activating group) is 1. The Balaban J connectivity index is 1.34. The first-order valence-electron chi connectivity index (χ1n) is 14.3. The van der Waals surface area contributed by atoms with Crippen LogP contribution in [0.2, 0.25) is 0 Å². The molecule has 5 rings (SSSR count). The number of nitrogens with zero attached hydrogens (tertiary/aromatic N) is 2. The second kappa shape index (κ2) is 12.7. The lowest BCUT2D eigenvalue weighted by Crippen LogP contribution is -2.49. The highest BCUT2D eigenvalue weighted by atomic mass is 16.5. The smallest absolute Gasteiger partial charge is 0.258 e. The van der Waals surface area contributed by atoms with Crippen LogP contribution in [0.25, 0.3) is 0 Å². The highest BCUT2D eigenvalue weighted by molar-refractivity contribution is 6.02. The normalized spacial score (nSPS) is 19.5. The molecule has 3 aromatic rings. The van der Waals surface area contributed by atoms with Crippen LogP contribution in [0.15, 0.2) is 72.8 Å². The third kappa shape index (κ3) is 7.07. The molecule has 0 bridgehead atoms. The minimum atomic E-state index is -0.351. The SMILES string of the molecule is C[C@@H]1CN([C@H](C)CO)C(=O)c2cccc(NC(=O)C3CC3)c2O[C@@H]1CN(C)Cc1ccc(Oc2ccccc2)cc1. The zero-order valence-corrected chi connectivity index (χ0v) is 24.0. The molecular weight excluding hydrogens is 518 g/mol. The Labute approximate surface area is 241 Å². The highest BCUT2D eigenvalue weighted by Crippen LogP contribution is 2.37. The summed E-state index contributed by atoms with van der Waals surface area (Å²) in [4.78, 5) is 30.2. The number of fused-ring (bicyclic) bond motifs is 1. The van der Waals surface area contributed by atoms with E-state index in [0.717, 1.165) is 29.9 Å². The summed E-state index contributed by atoms with van der Waals surface area (Å²) in [5.74, 6) is 1.71. The van der Waals surface area contributed by atoms with Gasteiger partial charge in [0.15, 0.2) is 5.75 Å². The van der Waals surface area contributed by atoms with Gasteiger partial charge in [0, 0.05) is 31.5 Å². The number of hydrogen-bond acceptors (Lipinski definition) is 6. The number of hydrogen-bond donors (Lipinski definition) is 2. The zero-order chi connectivity index (χ0) is 28.9. The van der Waals surface area contributed by atoms with E-state index in [0.29, 0.717) is 36.6 Å². The molecule has 3 atom stereocenters. The van der Waals surface area contributed by atoms with Crippen LogP contribution >= 0.6 is 0 Å². The molecule has 3 aromatic carbocycles. The lowest BCUT2D eigenvalue weighted by Gasteiger charge is -2.38. The van der Waals surface area contributed by atoms with E-state index in [1.165, 1.54) is 0 Å². The third-order valence-electron chi connectivity index (χ3n) is 7.74. The summed E-state index contributed by atoms with van der Waals surface area (Å²) < 4.78 is 12.5. The van der Waals surface area contributed by atoms with Gasteiger partial charge in [-0.15, -0.1) is 0 Å². The molecule has 2 aliphatic rings. The van der Waals surface area contributed by atoms with Gasteiger partial charge in [0.2, 0.25) is 5.91 Å². The maximum atomic E-state index is 13.6. The standard InChI is InChI=1S/C33H39N3O5/c1-22-18-36(23(2)21-37)33(39)28-10-7-11-29(34-32(38)25-14-15-25)31(28)41-30(22)20-35(3)19-24-12-16-27(17-13-24)40-26-8-5-4-6-9-26/h4-13,16-17,22-23,25,30,37H,14-15,18-21H2,1-3H3,(H,34,38)/t22-,23-,30-/m1/s1. The summed E-state index contributed by atoms with van der Waals surface area (Å²) in [6.45, 7) is 5.51. The molecule has 1 fully saturated rings. The molecule has 0 saturated heterocycles. The van der Waals surface area contributed by atoms with Crippen molar-refractivity contribution in [2.45, 2.75) is 45.4 Å². The Kier molecular flexibility index (Phi) is 8.90. The van der Waals surface area contributed by atoms with Crippen molar-refractivity contribution in [2.75, 3.05) is 32.1 Å². The first-order chi connectivity index (χ1) is 19.8. The van der Waals surface area contributed by atoms with E-state index < -0.39 is 0 Å². The summed E-state index contributed by atoms with van der Waals surface area (Å²) >= 11 is 0. The molecule has 0 aromatic heterocycles. The Morgan fingerprint density at radius 2 is 1.78 bits per heavy atom. The fourth-order valence-corrected chi connectivity index (χ4v) is 5.11. The summed E-state index contributed by atoms with van der Waals surface area (Å²) in [5.41, 5.74) is 2.04. The largest absolute Gasteiger partial charge is 0.486 e. The van der Waals surface area contributed by atoms with Gasteiger partial charge in [-0.1, -0.05) is 43.3 Å². The monoisotopic (exact) mass is 557 g/mol. The zero-order valence-electron chi connectivity index (χ0n) is 24.0. The van der Waals surface area contributed by atoms with Crippen molar-refractivity contribution >= 4 is 17.5 Å². The number of carbonyl (C=O) groups excluding carboxylic acids is 2. The maximum absolute atomic E-state index is 13.6. The Morgan fingerprint density at radius 1 is 1.07 bits per heavy atom. The summed E-state index contributed by atoms with van der Waals surface area (Å²) in [7, 11) is 2.05. The van der Waals surface area contributed by atoms with Crippen LogP contribution in [0.4, 0.5) is 5.69 Å². The van der Waals surface area contributed by atoms with Crippen molar-refractivity contribution < 1.29 is 24.2 Å². The number of nitrogens with one attached hydrogen (secondary N) is 1. The van der Waals surface area contributed by atoms with E-state index in [4.69, 9.17) is 9.47 Å². The van der Waals surface area contributed by atoms with Crippen molar-refractivity contribution in [3.05, 3.63) is 83.9 Å². The summed E-state index contributed by atoms with van der Waals surface area (Å²) in [5, 5.41) is 12.9. The minimum absolute atomic E-state index is 0.0198. The molecule has 8 nitrogen and oxygen atoms in total. The van der Waals surface area contributed by atoms with Crippen LogP contribution in [-0.2, 0) is 11.3 Å². The Hall–Kier alpha value is -3.88. The fourth-order valence-electron chi connectivity index (χ4n) is 5.11. The minimum Gasteiger partial charge on any atom is -0.486 e. The van der Waals surface area contributed by atoms with Crippen LogP contribution in [-0.4, -0.2) is 65.6 Å². The molecule has 216 valence electrons. The Bertz CT molecular complexity index is 1340. The molecule has 1 aliphatic carbocycles. The molecule has 1 saturated carbocycles.